The molecule has 0 aliphatic carbocycles. The second-order valence-corrected chi connectivity index (χ2v) is 5.42. The number of piperidine rings is 1. The second-order valence-electron chi connectivity index (χ2n) is 5.42. The minimum Gasteiger partial charge on any atom is -0.356 e. The summed E-state index contributed by atoms with van der Waals surface area (Å²) in [5.41, 5.74) is 1.57. The molecule has 0 bridgehead atoms. The number of carbonyl (C=O) groups is 1. The van der Waals surface area contributed by atoms with Gasteiger partial charge in [-0.25, -0.2) is 0 Å². The third-order valence-corrected chi connectivity index (χ3v) is 3.52. The summed E-state index contributed by atoms with van der Waals surface area (Å²) in [4.78, 5) is 13.5. The standard InChI is InChI=1S/C13H21N3O/c1-9-5-10(2)7-16(6-9)13-12(8-17)11(3)14-15(13)4/h8-10H,5-7H2,1-4H3. The molecule has 4 heteroatoms. The zero-order valence-corrected chi connectivity index (χ0v) is 11.1. The molecule has 2 unspecified atom stereocenters. The number of aryl methyl sites for hydroxylation is 2. The third kappa shape index (κ3) is 2.21. The Bertz CT molecular complexity index is 415. The van der Waals surface area contributed by atoms with Crippen molar-refractivity contribution >= 4 is 12.1 Å². The van der Waals surface area contributed by atoms with Crippen molar-refractivity contribution in [2.24, 2.45) is 18.9 Å². The van der Waals surface area contributed by atoms with Gasteiger partial charge in [-0.3, -0.25) is 9.48 Å². The fourth-order valence-electron chi connectivity index (χ4n) is 3.01. The highest BCUT2D eigenvalue weighted by atomic mass is 16.1. The second kappa shape index (κ2) is 4.51. The van der Waals surface area contributed by atoms with E-state index in [2.05, 4.69) is 23.8 Å². The summed E-state index contributed by atoms with van der Waals surface area (Å²) in [5, 5.41) is 4.35. The van der Waals surface area contributed by atoms with Crippen molar-refractivity contribution in [3.8, 4) is 0 Å². The number of anilines is 1. The van der Waals surface area contributed by atoms with Crippen molar-refractivity contribution in [2.75, 3.05) is 18.0 Å². The van der Waals surface area contributed by atoms with Crippen LogP contribution in [0.3, 0.4) is 0 Å². The van der Waals surface area contributed by atoms with Crippen LogP contribution in [-0.4, -0.2) is 29.2 Å². The van der Waals surface area contributed by atoms with Gasteiger partial charge in [-0.15, -0.1) is 0 Å². The zero-order chi connectivity index (χ0) is 12.6. The van der Waals surface area contributed by atoms with Crippen LogP contribution in [-0.2, 0) is 7.05 Å². The average molecular weight is 235 g/mol. The van der Waals surface area contributed by atoms with Crippen molar-refractivity contribution in [2.45, 2.75) is 27.2 Å². The number of hydrogen-bond acceptors (Lipinski definition) is 3. The van der Waals surface area contributed by atoms with E-state index < -0.39 is 0 Å². The third-order valence-electron chi connectivity index (χ3n) is 3.52. The topological polar surface area (TPSA) is 38.1 Å². The molecule has 17 heavy (non-hydrogen) atoms. The van der Waals surface area contributed by atoms with Crippen molar-refractivity contribution in [1.82, 2.24) is 9.78 Å². The summed E-state index contributed by atoms with van der Waals surface area (Å²) in [6.45, 7) is 8.47. The molecule has 0 aromatic carbocycles. The smallest absolute Gasteiger partial charge is 0.155 e. The Morgan fingerprint density at radius 2 is 1.88 bits per heavy atom. The first kappa shape index (κ1) is 12.1. The van der Waals surface area contributed by atoms with Crippen LogP contribution in [0.1, 0.15) is 36.3 Å². The summed E-state index contributed by atoms with van der Waals surface area (Å²) in [7, 11) is 1.92. The highest BCUT2D eigenvalue weighted by Gasteiger charge is 2.26. The molecule has 1 aromatic rings. The number of carbonyl (C=O) groups excluding carboxylic acids is 1. The lowest BCUT2D eigenvalue weighted by Gasteiger charge is -2.36. The van der Waals surface area contributed by atoms with Crippen LogP contribution in [0.2, 0.25) is 0 Å². The van der Waals surface area contributed by atoms with E-state index in [-0.39, 0.29) is 0 Å². The van der Waals surface area contributed by atoms with E-state index >= 15 is 0 Å². The van der Waals surface area contributed by atoms with Crippen LogP contribution < -0.4 is 4.90 Å². The zero-order valence-electron chi connectivity index (χ0n) is 11.1. The Labute approximate surface area is 103 Å². The van der Waals surface area contributed by atoms with E-state index in [9.17, 15) is 4.79 Å². The first-order valence-corrected chi connectivity index (χ1v) is 6.26. The SMILES string of the molecule is Cc1nn(C)c(N2CC(C)CC(C)C2)c1C=O. The van der Waals surface area contributed by atoms with Crippen LogP contribution in [0, 0.1) is 18.8 Å². The maximum absolute atomic E-state index is 11.2. The molecule has 2 atom stereocenters. The monoisotopic (exact) mass is 235 g/mol. The average Bonchev–Trinajstić information content (AvgIpc) is 2.51. The van der Waals surface area contributed by atoms with E-state index in [1.165, 1.54) is 6.42 Å². The summed E-state index contributed by atoms with van der Waals surface area (Å²) in [6, 6.07) is 0. The minimum absolute atomic E-state index is 0.674. The predicted octanol–water partition coefficient (Wildman–Crippen LogP) is 2.02. The predicted molar refractivity (Wildman–Crippen MR) is 68.5 cm³/mol. The molecule has 1 aromatic heterocycles. The fourth-order valence-corrected chi connectivity index (χ4v) is 3.01. The number of aromatic nitrogens is 2. The molecular weight excluding hydrogens is 214 g/mol. The van der Waals surface area contributed by atoms with Crippen LogP contribution in [0.4, 0.5) is 5.82 Å². The Hall–Kier alpha value is -1.32. The lowest BCUT2D eigenvalue weighted by atomic mass is 9.92. The molecule has 1 aliphatic rings. The number of hydrogen-bond donors (Lipinski definition) is 0. The van der Waals surface area contributed by atoms with Gasteiger partial charge in [0.05, 0.1) is 11.3 Å². The van der Waals surface area contributed by atoms with Crippen molar-refractivity contribution in [1.29, 1.82) is 0 Å². The molecule has 2 heterocycles. The van der Waals surface area contributed by atoms with E-state index in [4.69, 9.17) is 0 Å². The lowest BCUT2D eigenvalue weighted by Crippen LogP contribution is -2.40. The van der Waals surface area contributed by atoms with Crippen LogP contribution in [0.5, 0.6) is 0 Å². The lowest BCUT2D eigenvalue weighted by molar-refractivity contribution is 0.112. The summed E-state index contributed by atoms with van der Waals surface area (Å²) < 4.78 is 1.84. The summed E-state index contributed by atoms with van der Waals surface area (Å²) >= 11 is 0. The van der Waals surface area contributed by atoms with Gasteiger partial charge in [0.15, 0.2) is 6.29 Å². The van der Waals surface area contributed by atoms with Gasteiger partial charge in [0.2, 0.25) is 0 Å². The van der Waals surface area contributed by atoms with Crippen molar-refractivity contribution in [3.63, 3.8) is 0 Å². The minimum atomic E-state index is 0.674. The highest BCUT2D eigenvalue weighted by Crippen LogP contribution is 2.28. The Kier molecular flexibility index (Phi) is 3.22. The molecule has 0 spiro atoms. The maximum Gasteiger partial charge on any atom is 0.155 e. The molecule has 4 nitrogen and oxygen atoms in total. The number of rotatable bonds is 2. The highest BCUT2D eigenvalue weighted by molar-refractivity contribution is 5.84. The van der Waals surface area contributed by atoms with Gasteiger partial charge in [0.1, 0.15) is 5.82 Å². The molecule has 94 valence electrons. The van der Waals surface area contributed by atoms with Crippen LogP contribution in [0.15, 0.2) is 0 Å². The summed E-state index contributed by atoms with van der Waals surface area (Å²) in [5.74, 6) is 2.33. The largest absolute Gasteiger partial charge is 0.356 e. The molecule has 0 saturated carbocycles. The van der Waals surface area contributed by atoms with E-state index in [1.807, 2.05) is 18.7 Å². The van der Waals surface area contributed by atoms with E-state index in [1.54, 1.807) is 0 Å². The van der Waals surface area contributed by atoms with Gasteiger partial charge >= 0.3 is 0 Å². The molecule has 2 rings (SSSR count). The quantitative estimate of drug-likeness (QED) is 0.736. The van der Waals surface area contributed by atoms with Gasteiger partial charge < -0.3 is 4.90 Å². The van der Waals surface area contributed by atoms with Gasteiger partial charge in [-0.05, 0) is 25.2 Å². The molecule has 0 N–H and O–H groups in total. The fraction of sp³-hybridized carbons (Fsp3) is 0.692. The van der Waals surface area contributed by atoms with Gasteiger partial charge in [0.25, 0.3) is 0 Å². The molecule has 0 radical (unpaired) electrons. The van der Waals surface area contributed by atoms with Gasteiger partial charge in [0, 0.05) is 20.1 Å². The molecular formula is C13H21N3O. The van der Waals surface area contributed by atoms with Crippen molar-refractivity contribution < 1.29 is 4.79 Å². The molecule has 0 amide bonds. The number of nitrogens with zero attached hydrogens (tertiary/aromatic N) is 3. The van der Waals surface area contributed by atoms with Crippen LogP contribution >= 0.6 is 0 Å². The number of aldehydes is 1. The summed E-state index contributed by atoms with van der Waals surface area (Å²) in [6.07, 6.45) is 2.20. The van der Waals surface area contributed by atoms with Gasteiger partial charge in [-0.1, -0.05) is 13.8 Å². The van der Waals surface area contributed by atoms with E-state index in [0.717, 1.165) is 36.5 Å². The molecule has 1 saturated heterocycles. The van der Waals surface area contributed by atoms with Crippen molar-refractivity contribution in [3.05, 3.63) is 11.3 Å². The molecule has 1 aliphatic heterocycles. The Balaban J connectivity index is 2.36. The Morgan fingerprint density at radius 1 is 1.29 bits per heavy atom. The first-order chi connectivity index (χ1) is 8.02. The van der Waals surface area contributed by atoms with Crippen LogP contribution in [0.25, 0.3) is 0 Å². The maximum atomic E-state index is 11.2. The molecule has 1 fully saturated rings. The van der Waals surface area contributed by atoms with Gasteiger partial charge in [-0.2, -0.15) is 5.10 Å². The first-order valence-electron chi connectivity index (χ1n) is 6.26. The van der Waals surface area contributed by atoms with E-state index in [0.29, 0.717) is 11.8 Å². The Morgan fingerprint density at radius 3 is 2.41 bits per heavy atom. The normalized spacial score (nSPS) is 25.1.